The lowest BCUT2D eigenvalue weighted by molar-refractivity contribution is 0.282. The second-order valence-corrected chi connectivity index (χ2v) is 5.67. The summed E-state index contributed by atoms with van der Waals surface area (Å²) < 4.78 is 7.52. The number of hydrogen-bond donors (Lipinski definition) is 0. The fourth-order valence-electron chi connectivity index (χ4n) is 3.01. The van der Waals surface area contributed by atoms with E-state index in [0.717, 1.165) is 29.2 Å². The van der Waals surface area contributed by atoms with Gasteiger partial charge in [0.2, 0.25) is 0 Å². The fourth-order valence-corrected chi connectivity index (χ4v) is 3.22. The fraction of sp³-hybridized carbons (Fsp3) is 0.533. The van der Waals surface area contributed by atoms with Gasteiger partial charge in [0, 0.05) is 18.7 Å². The van der Waals surface area contributed by atoms with Crippen LogP contribution < -0.4 is 4.74 Å². The highest BCUT2D eigenvalue weighted by Crippen LogP contribution is 2.25. The van der Waals surface area contributed by atoms with Gasteiger partial charge in [-0.1, -0.05) is 0 Å². The van der Waals surface area contributed by atoms with Gasteiger partial charge in [-0.25, -0.2) is 4.98 Å². The van der Waals surface area contributed by atoms with Crippen LogP contribution in [0.2, 0.25) is 0 Å². The zero-order valence-corrected chi connectivity index (χ0v) is 12.7. The van der Waals surface area contributed by atoms with Gasteiger partial charge in [0.15, 0.2) is 0 Å². The van der Waals surface area contributed by atoms with E-state index in [9.17, 15) is 0 Å². The molecule has 0 aliphatic carbocycles. The Bertz CT molecular complexity index is 610. The van der Waals surface area contributed by atoms with Crippen molar-refractivity contribution in [2.75, 3.05) is 20.7 Å². The van der Waals surface area contributed by atoms with Gasteiger partial charge < -0.3 is 14.2 Å². The Hall–Kier alpha value is -1.26. The highest BCUT2D eigenvalue weighted by Gasteiger charge is 2.23. The molecular formula is C15H20ClN3O. The summed E-state index contributed by atoms with van der Waals surface area (Å²) in [6, 6.07) is 6.61. The lowest BCUT2D eigenvalue weighted by Crippen LogP contribution is -2.29. The molecule has 3 rings (SSSR count). The first-order valence-electron chi connectivity index (χ1n) is 7.02. The Morgan fingerprint density at radius 3 is 2.95 bits per heavy atom. The van der Waals surface area contributed by atoms with Crippen LogP contribution in [-0.2, 0) is 12.4 Å². The first kappa shape index (κ1) is 13.7. The predicted molar refractivity (Wildman–Crippen MR) is 81.5 cm³/mol. The molecule has 1 unspecified atom stereocenters. The number of aromatic nitrogens is 2. The van der Waals surface area contributed by atoms with Crippen molar-refractivity contribution in [3.05, 3.63) is 24.0 Å². The van der Waals surface area contributed by atoms with E-state index in [2.05, 4.69) is 27.6 Å². The van der Waals surface area contributed by atoms with Crippen LogP contribution in [0.3, 0.4) is 0 Å². The van der Waals surface area contributed by atoms with Crippen LogP contribution >= 0.6 is 11.6 Å². The van der Waals surface area contributed by atoms with Gasteiger partial charge in [-0.2, -0.15) is 0 Å². The summed E-state index contributed by atoms with van der Waals surface area (Å²) in [4.78, 5) is 7.06. The van der Waals surface area contributed by atoms with Gasteiger partial charge in [-0.15, -0.1) is 11.6 Å². The normalized spacial score (nSPS) is 19.9. The molecule has 2 aromatic rings. The van der Waals surface area contributed by atoms with Crippen LogP contribution in [0.1, 0.15) is 18.7 Å². The van der Waals surface area contributed by atoms with E-state index < -0.39 is 0 Å². The molecule has 1 aliphatic heterocycles. The summed E-state index contributed by atoms with van der Waals surface area (Å²) in [5.41, 5.74) is 2.10. The highest BCUT2D eigenvalue weighted by molar-refractivity contribution is 6.16. The maximum atomic E-state index is 6.07. The second kappa shape index (κ2) is 5.62. The molecule has 1 atom stereocenters. The zero-order valence-electron chi connectivity index (χ0n) is 12.0. The van der Waals surface area contributed by atoms with E-state index in [1.54, 1.807) is 7.11 Å². The average Bonchev–Trinajstić information content (AvgIpc) is 3.03. The molecule has 108 valence electrons. The van der Waals surface area contributed by atoms with Crippen LogP contribution in [0.5, 0.6) is 5.75 Å². The SMILES string of the molecule is COc1ccc2c(c1)nc(CCl)n2CC1CCCN1C. The lowest BCUT2D eigenvalue weighted by atomic mass is 10.2. The predicted octanol–water partition coefficient (Wildman–Crippen LogP) is 2.88. The minimum atomic E-state index is 0.438. The number of ether oxygens (including phenoxy) is 1. The molecular weight excluding hydrogens is 274 g/mol. The van der Waals surface area contributed by atoms with Crippen molar-refractivity contribution < 1.29 is 4.74 Å². The summed E-state index contributed by atoms with van der Waals surface area (Å²) in [6.45, 7) is 2.14. The molecule has 5 heteroatoms. The van der Waals surface area contributed by atoms with Gasteiger partial charge in [-0.05, 0) is 38.6 Å². The molecule has 1 saturated heterocycles. The molecule has 2 heterocycles. The van der Waals surface area contributed by atoms with Crippen molar-refractivity contribution in [2.24, 2.45) is 0 Å². The molecule has 0 N–H and O–H groups in total. The topological polar surface area (TPSA) is 30.3 Å². The van der Waals surface area contributed by atoms with E-state index in [-0.39, 0.29) is 0 Å². The third-order valence-corrected chi connectivity index (χ3v) is 4.46. The van der Waals surface area contributed by atoms with Crippen LogP contribution in [-0.4, -0.2) is 41.2 Å². The Labute approximate surface area is 124 Å². The monoisotopic (exact) mass is 293 g/mol. The van der Waals surface area contributed by atoms with Gasteiger partial charge in [-0.3, -0.25) is 0 Å². The van der Waals surface area contributed by atoms with Crippen LogP contribution in [0, 0.1) is 0 Å². The molecule has 1 aliphatic rings. The van der Waals surface area contributed by atoms with Gasteiger partial charge in [0.05, 0.1) is 24.0 Å². The second-order valence-electron chi connectivity index (χ2n) is 5.40. The van der Waals surface area contributed by atoms with Crippen molar-refractivity contribution >= 4 is 22.6 Å². The summed E-state index contributed by atoms with van der Waals surface area (Å²) in [6.07, 6.45) is 2.52. The molecule has 1 fully saturated rings. The summed E-state index contributed by atoms with van der Waals surface area (Å²) in [5, 5.41) is 0. The Balaban J connectivity index is 1.99. The van der Waals surface area contributed by atoms with E-state index in [0.29, 0.717) is 11.9 Å². The van der Waals surface area contributed by atoms with Crippen molar-refractivity contribution in [1.82, 2.24) is 14.5 Å². The first-order chi connectivity index (χ1) is 9.72. The number of alkyl halides is 1. The quantitative estimate of drug-likeness (QED) is 0.812. The highest BCUT2D eigenvalue weighted by atomic mass is 35.5. The molecule has 0 bridgehead atoms. The van der Waals surface area contributed by atoms with Crippen molar-refractivity contribution in [3.63, 3.8) is 0 Å². The lowest BCUT2D eigenvalue weighted by Gasteiger charge is -2.21. The third kappa shape index (κ3) is 2.38. The minimum absolute atomic E-state index is 0.438. The Morgan fingerprint density at radius 1 is 1.45 bits per heavy atom. The van der Waals surface area contributed by atoms with Crippen molar-refractivity contribution in [3.8, 4) is 5.75 Å². The molecule has 0 spiro atoms. The molecule has 0 amide bonds. The number of nitrogens with zero attached hydrogens (tertiary/aromatic N) is 3. The maximum absolute atomic E-state index is 6.07. The van der Waals surface area contributed by atoms with Gasteiger partial charge in [0.25, 0.3) is 0 Å². The first-order valence-corrected chi connectivity index (χ1v) is 7.55. The van der Waals surface area contributed by atoms with E-state index in [4.69, 9.17) is 16.3 Å². The standard InChI is InChI=1S/C15H20ClN3O/c1-18-7-3-4-11(18)10-19-14-6-5-12(20-2)8-13(14)17-15(19)9-16/h5-6,8,11H,3-4,7,9-10H2,1-2H3. The molecule has 0 radical (unpaired) electrons. The number of fused-ring (bicyclic) bond motifs is 1. The number of methoxy groups -OCH3 is 1. The Morgan fingerprint density at radius 2 is 2.30 bits per heavy atom. The number of halogens is 1. The van der Waals surface area contributed by atoms with Crippen molar-refractivity contribution in [1.29, 1.82) is 0 Å². The van der Waals surface area contributed by atoms with Crippen LogP contribution in [0.15, 0.2) is 18.2 Å². The smallest absolute Gasteiger partial charge is 0.124 e. The summed E-state index contributed by atoms with van der Waals surface area (Å²) in [5.74, 6) is 2.21. The van der Waals surface area contributed by atoms with Crippen LogP contribution in [0.25, 0.3) is 11.0 Å². The van der Waals surface area contributed by atoms with E-state index >= 15 is 0 Å². The third-order valence-electron chi connectivity index (χ3n) is 4.22. The largest absolute Gasteiger partial charge is 0.497 e. The molecule has 1 aromatic heterocycles. The van der Waals surface area contributed by atoms with Crippen molar-refractivity contribution in [2.45, 2.75) is 31.3 Å². The molecule has 4 nitrogen and oxygen atoms in total. The average molecular weight is 294 g/mol. The minimum Gasteiger partial charge on any atom is -0.497 e. The number of likely N-dealkylation sites (N-methyl/N-ethyl adjacent to an activating group) is 1. The maximum Gasteiger partial charge on any atom is 0.124 e. The van der Waals surface area contributed by atoms with E-state index in [1.165, 1.54) is 19.4 Å². The van der Waals surface area contributed by atoms with E-state index in [1.807, 2.05) is 12.1 Å². The number of rotatable bonds is 4. The number of benzene rings is 1. The number of hydrogen-bond acceptors (Lipinski definition) is 3. The van der Waals surface area contributed by atoms with Crippen LogP contribution in [0.4, 0.5) is 0 Å². The summed E-state index contributed by atoms with van der Waals surface area (Å²) >= 11 is 6.07. The molecule has 20 heavy (non-hydrogen) atoms. The summed E-state index contributed by atoms with van der Waals surface area (Å²) in [7, 11) is 3.87. The zero-order chi connectivity index (χ0) is 14.1. The Kier molecular flexibility index (Phi) is 3.85. The molecule has 1 aromatic carbocycles. The molecule has 0 saturated carbocycles. The van der Waals surface area contributed by atoms with Gasteiger partial charge in [0.1, 0.15) is 11.6 Å². The number of imidazole rings is 1. The number of likely N-dealkylation sites (tertiary alicyclic amines) is 1. The van der Waals surface area contributed by atoms with Gasteiger partial charge >= 0.3 is 0 Å².